The summed E-state index contributed by atoms with van der Waals surface area (Å²) in [5.74, 6) is -0.355. The van der Waals surface area contributed by atoms with Crippen LogP contribution in [0.15, 0.2) is 42.5 Å². The third-order valence-corrected chi connectivity index (χ3v) is 8.91. The Kier molecular flexibility index (Phi) is 9.88. The number of aliphatic hydroxyl groups is 2. The number of hydrogen-bond acceptors (Lipinski definition) is 5. The van der Waals surface area contributed by atoms with Gasteiger partial charge in [-0.25, -0.2) is 0 Å². The number of halogens is 1. The van der Waals surface area contributed by atoms with E-state index in [-0.39, 0.29) is 23.8 Å². The van der Waals surface area contributed by atoms with Crippen LogP contribution in [0, 0.1) is 11.8 Å². The van der Waals surface area contributed by atoms with Crippen molar-refractivity contribution in [3.05, 3.63) is 58.6 Å². The standard InChI is InChI=1S/C31H43ClN2O4/c1-3-21-9-6-10-22(17-21)29-25(12-7-13-26(29)32)31(37,14-4-5-16-38-2)24-11-8-15-34(20-24)30(36)23-18-27(33)28(35)19-23/h6-7,9-10,12-13,17,23-24,27-28,35,37H,3-5,8,11,14-16,18-20,33H2,1-2H3/t23-,24?,27+,28-,31-/m0/s1. The molecular formula is C31H43ClN2O4. The van der Waals surface area contributed by atoms with E-state index in [0.717, 1.165) is 48.8 Å². The first kappa shape index (κ1) is 29.0. The van der Waals surface area contributed by atoms with Crippen LogP contribution in [0.25, 0.3) is 11.1 Å². The molecule has 1 aliphatic heterocycles. The predicted molar refractivity (Wildman–Crippen MR) is 152 cm³/mol. The lowest BCUT2D eigenvalue weighted by atomic mass is 9.72. The zero-order valence-electron chi connectivity index (χ0n) is 22.7. The van der Waals surface area contributed by atoms with Crippen molar-refractivity contribution in [3.63, 3.8) is 0 Å². The van der Waals surface area contributed by atoms with Crippen molar-refractivity contribution >= 4 is 17.5 Å². The van der Waals surface area contributed by atoms with Gasteiger partial charge in [0.2, 0.25) is 5.91 Å². The molecule has 0 aromatic heterocycles. The number of nitrogens with zero attached hydrogens (tertiary/aromatic N) is 1. The smallest absolute Gasteiger partial charge is 0.225 e. The minimum absolute atomic E-state index is 0.0467. The summed E-state index contributed by atoms with van der Waals surface area (Å²) >= 11 is 6.85. The molecule has 38 heavy (non-hydrogen) atoms. The number of piperidine rings is 1. The van der Waals surface area contributed by atoms with Crippen LogP contribution < -0.4 is 5.73 Å². The van der Waals surface area contributed by atoms with E-state index in [2.05, 4.69) is 25.1 Å². The number of aryl methyl sites for hydroxylation is 1. The monoisotopic (exact) mass is 542 g/mol. The van der Waals surface area contributed by atoms with Crippen LogP contribution in [-0.4, -0.2) is 60.0 Å². The van der Waals surface area contributed by atoms with Crippen LogP contribution in [0.2, 0.25) is 5.02 Å². The highest BCUT2D eigenvalue weighted by Gasteiger charge is 2.44. The number of benzene rings is 2. The fourth-order valence-corrected chi connectivity index (χ4v) is 6.68. The van der Waals surface area contributed by atoms with E-state index in [9.17, 15) is 15.0 Å². The van der Waals surface area contributed by atoms with Gasteiger partial charge in [-0.2, -0.15) is 0 Å². The molecule has 1 unspecified atom stereocenters. The summed E-state index contributed by atoms with van der Waals surface area (Å²) in [5, 5.41) is 23.4. The maximum absolute atomic E-state index is 13.5. The van der Waals surface area contributed by atoms with E-state index in [4.69, 9.17) is 22.1 Å². The summed E-state index contributed by atoms with van der Waals surface area (Å²) in [6, 6.07) is 13.8. The van der Waals surface area contributed by atoms with Gasteiger partial charge < -0.3 is 25.6 Å². The fraction of sp³-hybridized carbons (Fsp3) is 0.581. The lowest BCUT2D eigenvalue weighted by Crippen LogP contribution is -2.49. The highest BCUT2D eigenvalue weighted by Crippen LogP contribution is 2.46. The van der Waals surface area contributed by atoms with Gasteiger partial charge >= 0.3 is 0 Å². The normalized spacial score (nSPS) is 25.4. The van der Waals surface area contributed by atoms with Gasteiger partial charge in [-0.05, 0) is 74.1 Å². The van der Waals surface area contributed by atoms with Gasteiger partial charge in [0.25, 0.3) is 0 Å². The van der Waals surface area contributed by atoms with Crippen LogP contribution in [0.1, 0.15) is 63.0 Å². The van der Waals surface area contributed by atoms with Gasteiger partial charge in [-0.15, -0.1) is 0 Å². The Labute approximate surface area is 232 Å². The van der Waals surface area contributed by atoms with Crippen LogP contribution in [0.3, 0.4) is 0 Å². The predicted octanol–water partition coefficient (Wildman–Crippen LogP) is 4.91. The van der Waals surface area contributed by atoms with E-state index in [0.29, 0.717) is 44.0 Å². The van der Waals surface area contributed by atoms with Crippen LogP contribution >= 0.6 is 11.6 Å². The van der Waals surface area contributed by atoms with Gasteiger partial charge in [0.1, 0.15) is 0 Å². The van der Waals surface area contributed by atoms with Crippen molar-refractivity contribution in [1.29, 1.82) is 0 Å². The Balaban J connectivity index is 1.69. The second-order valence-corrected chi connectivity index (χ2v) is 11.5. The molecule has 2 aromatic carbocycles. The molecule has 4 rings (SSSR count). The quantitative estimate of drug-likeness (QED) is 0.371. The number of rotatable bonds is 10. The maximum atomic E-state index is 13.5. The Hall–Kier alpha value is -1.96. The number of ether oxygens (including phenoxy) is 1. The molecule has 1 heterocycles. The Morgan fingerprint density at radius 1 is 1.21 bits per heavy atom. The van der Waals surface area contributed by atoms with E-state index in [1.54, 1.807) is 7.11 Å². The van der Waals surface area contributed by atoms with Gasteiger partial charge in [0, 0.05) is 55.3 Å². The average Bonchev–Trinajstić information content (AvgIpc) is 3.28. The Morgan fingerprint density at radius 3 is 2.71 bits per heavy atom. The molecule has 1 aliphatic carbocycles. The van der Waals surface area contributed by atoms with Gasteiger partial charge in [-0.3, -0.25) is 4.79 Å². The lowest BCUT2D eigenvalue weighted by molar-refractivity contribution is -0.141. The SMILES string of the molecule is CCc1cccc(-c2c(Cl)cccc2[C@](O)(CCCCOC)C2CCCN(C(=O)[C@H]3C[C@@H](N)[C@@H](O)C3)C2)c1. The molecule has 208 valence electrons. The minimum Gasteiger partial charge on any atom is -0.391 e. The largest absolute Gasteiger partial charge is 0.391 e. The molecule has 0 radical (unpaired) electrons. The molecule has 1 saturated heterocycles. The molecule has 2 aliphatic rings. The van der Waals surface area contributed by atoms with Gasteiger partial charge in [0.15, 0.2) is 0 Å². The highest BCUT2D eigenvalue weighted by atomic mass is 35.5. The number of unbranched alkanes of at least 4 members (excludes halogenated alkanes) is 1. The number of likely N-dealkylation sites (tertiary alicyclic amines) is 1. The first-order valence-electron chi connectivity index (χ1n) is 14.1. The Bertz CT molecular complexity index is 1090. The molecular weight excluding hydrogens is 500 g/mol. The van der Waals surface area contributed by atoms with Crippen molar-refractivity contribution in [2.45, 2.75) is 76.0 Å². The lowest BCUT2D eigenvalue weighted by Gasteiger charge is -2.44. The second kappa shape index (κ2) is 12.9. The summed E-state index contributed by atoms with van der Waals surface area (Å²) in [5.41, 5.74) is 8.75. The molecule has 0 bridgehead atoms. The third kappa shape index (κ3) is 6.26. The number of aliphatic hydroxyl groups excluding tert-OH is 1. The number of hydrogen-bond donors (Lipinski definition) is 3. The molecule has 1 saturated carbocycles. The second-order valence-electron chi connectivity index (χ2n) is 11.1. The molecule has 2 fully saturated rings. The highest BCUT2D eigenvalue weighted by molar-refractivity contribution is 6.33. The summed E-state index contributed by atoms with van der Waals surface area (Å²) in [4.78, 5) is 15.3. The number of carbonyl (C=O) groups is 1. The zero-order chi connectivity index (χ0) is 27.3. The zero-order valence-corrected chi connectivity index (χ0v) is 23.5. The molecule has 7 heteroatoms. The van der Waals surface area contributed by atoms with Crippen molar-refractivity contribution in [2.24, 2.45) is 17.6 Å². The summed E-state index contributed by atoms with van der Waals surface area (Å²) in [6.45, 7) is 3.90. The molecule has 1 amide bonds. The fourth-order valence-electron chi connectivity index (χ4n) is 6.40. The summed E-state index contributed by atoms with van der Waals surface area (Å²) in [7, 11) is 1.69. The first-order valence-corrected chi connectivity index (χ1v) is 14.5. The van der Waals surface area contributed by atoms with Crippen molar-refractivity contribution in [1.82, 2.24) is 4.90 Å². The number of amides is 1. The van der Waals surface area contributed by atoms with Gasteiger partial charge in [0.05, 0.1) is 11.7 Å². The molecule has 2 aromatic rings. The van der Waals surface area contributed by atoms with Crippen molar-refractivity contribution in [3.8, 4) is 11.1 Å². The molecule has 0 spiro atoms. The first-order chi connectivity index (χ1) is 18.3. The summed E-state index contributed by atoms with van der Waals surface area (Å²) < 4.78 is 5.28. The van der Waals surface area contributed by atoms with Gasteiger partial charge in [-0.1, -0.05) is 54.9 Å². The molecule has 4 N–H and O–H groups in total. The molecule has 5 atom stereocenters. The molecule has 6 nitrogen and oxygen atoms in total. The van der Waals surface area contributed by atoms with Crippen LogP contribution in [-0.2, 0) is 21.6 Å². The Morgan fingerprint density at radius 2 is 2.00 bits per heavy atom. The number of nitrogens with two attached hydrogens (primary N) is 1. The topological polar surface area (TPSA) is 96.0 Å². The number of methoxy groups -OCH3 is 1. The van der Waals surface area contributed by atoms with E-state index < -0.39 is 11.7 Å². The minimum atomic E-state index is -1.17. The van der Waals surface area contributed by atoms with E-state index in [1.165, 1.54) is 5.56 Å². The van der Waals surface area contributed by atoms with E-state index >= 15 is 0 Å². The maximum Gasteiger partial charge on any atom is 0.225 e. The van der Waals surface area contributed by atoms with Crippen molar-refractivity contribution in [2.75, 3.05) is 26.8 Å². The third-order valence-electron chi connectivity index (χ3n) is 8.59. The summed E-state index contributed by atoms with van der Waals surface area (Å²) in [6.07, 6.45) is 5.02. The average molecular weight is 543 g/mol. The van der Waals surface area contributed by atoms with Crippen LogP contribution in [0.4, 0.5) is 0 Å². The van der Waals surface area contributed by atoms with Crippen LogP contribution in [0.5, 0.6) is 0 Å². The number of carbonyl (C=O) groups excluding carboxylic acids is 1. The van der Waals surface area contributed by atoms with E-state index in [1.807, 2.05) is 29.2 Å². The van der Waals surface area contributed by atoms with Crippen molar-refractivity contribution < 1.29 is 19.7 Å².